The number of ketones is 1. The molecule has 1 aromatic heterocycles. The molecule has 0 aromatic carbocycles. The molecule has 6 heteroatoms. The molecule has 0 fully saturated rings. The van der Waals surface area contributed by atoms with Crippen LogP contribution >= 0.6 is 11.3 Å². The van der Waals surface area contributed by atoms with E-state index in [0.29, 0.717) is 4.88 Å². The zero-order valence-corrected chi connectivity index (χ0v) is 10.2. The van der Waals surface area contributed by atoms with Crippen LogP contribution in [0.25, 0.3) is 0 Å². The van der Waals surface area contributed by atoms with E-state index in [2.05, 4.69) is 0 Å². The molecule has 1 aromatic rings. The molecule has 0 amide bonds. The molecule has 0 atom stereocenters. The maximum absolute atomic E-state index is 11.5. The Morgan fingerprint density at radius 1 is 1.50 bits per heavy atom. The Labute approximate surface area is 98.4 Å². The number of unbranched alkanes of at least 4 members (excludes halogenated alkanes) is 1. The van der Waals surface area contributed by atoms with Gasteiger partial charge in [0.1, 0.15) is 5.75 Å². The number of hydrogen-bond acceptors (Lipinski definition) is 5. The van der Waals surface area contributed by atoms with E-state index in [1.54, 1.807) is 17.5 Å². The van der Waals surface area contributed by atoms with Crippen molar-refractivity contribution in [3.63, 3.8) is 0 Å². The molecule has 0 aliphatic heterocycles. The van der Waals surface area contributed by atoms with Crippen molar-refractivity contribution in [1.29, 1.82) is 5.26 Å². The Kier molecular flexibility index (Phi) is 4.65. The molecule has 0 saturated heterocycles. The topological polar surface area (TPSA) is 75.0 Å². The summed E-state index contributed by atoms with van der Waals surface area (Å²) in [5.41, 5.74) is 0. The number of carbonyl (C=O) groups excluding carboxylic acids is 1. The summed E-state index contributed by atoms with van der Waals surface area (Å²) < 4.78 is 23.0. The first-order valence-electron chi connectivity index (χ1n) is 4.69. The van der Waals surface area contributed by atoms with E-state index in [1.807, 2.05) is 6.07 Å². The third-order valence-electron chi connectivity index (χ3n) is 1.89. The van der Waals surface area contributed by atoms with Crippen molar-refractivity contribution in [3.05, 3.63) is 22.4 Å². The average Bonchev–Trinajstić information content (AvgIpc) is 2.69. The van der Waals surface area contributed by atoms with Crippen molar-refractivity contribution in [3.8, 4) is 6.07 Å². The van der Waals surface area contributed by atoms with Gasteiger partial charge in [0.25, 0.3) is 0 Å². The van der Waals surface area contributed by atoms with Crippen molar-refractivity contribution >= 4 is 27.0 Å². The van der Waals surface area contributed by atoms with Gasteiger partial charge < -0.3 is 0 Å². The largest absolute Gasteiger partial charge is 0.292 e. The quantitative estimate of drug-likeness (QED) is 0.573. The summed E-state index contributed by atoms with van der Waals surface area (Å²) in [6, 6.07) is 5.19. The molecular weight excluding hydrogens is 246 g/mol. The predicted octanol–water partition coefficient (Wildman–Crippen LogP) is 1.65. The van der Waals surface area contributed by atoms with Crippen LogP contribution in [0, 0.1) is 11.3 Å². The lowest BCUT2D eigenvalue weighted by molar-refractivity contribution is 0.102. The van der Waals surface area contributed by atoms with Gasteiger partial charge in [0, 0.05) is 6.42 Å². The average molecular weight is 257 g/mol. The molecule has 0 saturated carbocycles. The Morgan fingerprint density at radius 2 is 2.25 bits per heavy atom. The summed E-state index contributed by atoms with van der Waals surface area (Å²) in [4.78, 5) is 12.0. The molecular formula is C10H11NO3S2. The fraction of sp³-hybridized carbons (Fsp3) is 0.400. The fourth-order valence-corrected chi connectivity index (χ4v) is 3.19. The monoisotopic (exact) mass is 257 g/mol. The zero-order valence-electron chi connectivity index (χ0n) is 8.55. The summed E-state index contributed by atoms with van der Waals surface area (Å²) >= 11 is 1.23. The summed E-state index contributed by atoms with van der Waals surface area (Å²) in [5, 5.41) is 10.0. The lowest BCUT2D eigenvalue weighted by atomic mass is 10.4. The van der Waals surface area contributed by atoms with Crippen molar-refractivity contribution in [1.82, 2.24) is 0 Å². The number of Topliss-reactive ketones (excluding diaryl/α,β-unsaturated/α-hetero) is 1. The molecule has 0 bridgehead atoms. The minimum absolute atomic E-state index is 0.0995. The van der Waals surface area contributed by atoms with E-state index in [4.69, 9.17) is 5.26 Å². The SMILES string of the molecule is N#CCCCS(=O)(=O)CC(=O)c1cccs1. The van der Waals surface area contributed by atoms with Crippen LogP contribution in [0.1, 0.15) is 22.5 Å². The molecule has 0 spiro atoms. The molecule has 1 rings (SSSR count). The van der Waals surface area contributed by atoms with Crippen molar-refractivity contribution in [2.24, 2.45) is 0 Å². The number of nitriles is 1. The van der Waals surface area contributed by atoms with Gasteiger partial charge in [0.05, 0.1) is 16.7 Å². The van der Waals surface area contributed by atoms with Crippen LogP contribution < -0.4 is 0 Å². The first-order chi connectivity index (χ1) is 7.55. The molecule has 0 aliphatic carbocycles. The van der Waals surface area contributed by atoms with E-state index in [9.17, 15) is 13.2 Å². The fourth-order valence-electron chi connectivity index (χ4n) is 1.15. The summed E-state index contributed by atoms with van der Waals surface area (Å²) in [6.07, 6.45) is 0.489. The highest BCUT2D eigenvalue weighted by atomic mass is 32.2. The first kappa shape index (κ1) is 12.9. The molecule has 0 unspecified atom stereocenters. The highest BCUT2D eigenvalue weighted by Crippen LogP contribution is 2.11. The van der Waals surface area contributed by atoms with Gasteiger partial charge in [-0.2, -0.15) is 5.26 Å². The Bertz CT molecular complexity index is 483. The lowest BCUT2D eigenvalue weighted by Gasteiger charge is -2.00. The second kappa shape index (κ2) is 5.77. The summed E-state index contributed by atoms with van der Waals surface area (Å²) in [6.45, 7) is 0. The van der Waals surface area contributed by atoms with Crippen LogP contribution in [0.5, 0.6) is 0 Å². The molecule has 0 N–H and O–H groups in total. The van der Waals surface area contributed by atoms with Crippen LogP contribution in [0.2, 0.25) is 0 Å². The zero-order chi connectivity index (χ0) is 12.0. The minimum Gasteiger partial charge on any atom is -0.292 e. The van der Waals surface area contributed by atoms with Gasteiger partial charge in [-0.1, -0.05) is 6.07 Å². The van der Waals surface area contributed by atoms with E-state index >= 15 is 0 Å². The van der Waals surface area contributed by atoms with Gasteiger partial charge in [0.15, 0.2) is 15.6 Å². The Balaban J connectivity index is 2.54. The summed E-state index contributed by atoms with van der Waals surface area (Å²) in [5.74, 6) is -0.927. The standard InChI is InChI=1S/C10H11NO3S2/c11-5-1-2-7-16(13,14)8-9(12)10-4-3-6-15-10/h3-4,6H,1-2,7-8H2. The number of carbonyl (C=O) groups is 1. The third kappa shape index (κ3) is 4.13. The van der Waals surface area contributed by atoms with Crippen LogP contribution in [0.4, 0.5) is 0 Å². The number of nitrogens with zero attached hydrogens (tertiary/aromatic N) is 1. The number of hydrogen-bond donors (Lipinski definition) is 0. The molecule has 1 heterocycles. The second-order valence-corrected chi connectivity index (χ2v) is 6.39. The highest BCUT2D eigenvalue weighted by molar-refractivity contribution is 7.92. The van der Waals surface area contributed by atoms with Crippen LogP contribution in [0.3, 0.4) is 0 Å². The van der Waals surface area contributed by atoms with Crippen molar-refractivity contribution in [2.45, 2.75) is 12.8 Å². The van der Waals surface area contributed by atoms with Gasteiger partial charge in [-0.15, -0.1) is 11.3 Å². The van der Waals surface area contributed by atoms with Gasteiger partial charge in [0.2, 0.25) is 0 Å². The normalized spacial score (nSPS) is 10.9. The number of thiophene rings is 1. The molecule has 0 radical (unpaired) electrons. The van der Waals surface area contributed by atoms with E-state index in [-0.39, 0.29) is 24.4 Å². The van der Waals surface area contributed by atoms with Gasteiger partial charge in [-0.3, -0.25) is 4.79 Å². The lowest BCUT2D eigenvalue weighted by Crippen LogP contribution is -2.18. The predicted molar refractivity (Wildman–Crippen MR) is 62.2 cm³/mol. The number of rotatable bonds is 6. The minimum atomic E-state index is -3.37. The second-order valence-electron chi connectivity index (χ2n) is 3.25. The Morgan fingerprint density at radius 3 is 2.81 bits per heavy atom. The van der Waals surface area contributed by atoms with E-state index in [0.717, 1.165) is 0 Å². The molecule has 16 heavy (non-hydrogen) atoms. The molecule has 86 valence electrons. The van der Waals surface area contributed by atoms with Gasteiger partial charge >= 0.3 is 0 Å². The third-order valence-corrected chi connectivity index (χ3v) is 4.41. The van der Waals surface area contributed by atoms with Crippen LogP contribution in [-0.2, 0) is 9.84 Å². The van der Waals surface area contributed by atoms with Gasteiger partial charge in [-0.25, -0.2) is 8.42 Å². The molecule has 4 nitrogen and oxygen atoms in total. The smallest absolute Gasteiger partial charge is 0.187 e. The maximum atomic E-state index is 11.5. The van der Waals surface area contributed by atoms with Crippen LogP contribution in [-0.4, -0.2) is 25.7 Å². The van der Waals surface area contributed by atoms with E-state index < -0.39 is 15.6 Å². The van der Waals surface area contributed by atoms with Crippen molar-refractivity contribution in [2.75, 3.05) is 11.5 Å². The summed E-state index contributed by atoms with van der Waals surface area (Å²) in [7, 11) is -3.37. The Hall–Kier alpha value is -1.19. The van der Waals surface area contributed by atoms with E-state index in [1.165, 1.54) is 11.3 Å². The van der Waals surface area contributed by atoms with Gasteiger partial charge in [-0.05, 0) is 17.9 Å². The highest BCUT2D eigenvalue weighted by Gasteiger charge is 2.18. The maximum Gasteiger partial charge on any atom is 0.187 e. The van der Waals surface area contributed by atoms with Crippen LogP contribution in [0.15, 0.2) is 17.5 Å². The van der Waals surface area contributed by atoms with Crippen molar-refractivity contribution < 1.29 is 13.2 Å². The first-order valence-corrected chi connectivity index (χ1v) is 7.39. The number of sulfone groups is 1. The molecule has 0 aliphatic rings.